The zero-order valence-electron chi connectivity index (χ0n) is 11.5. The fourth-order valence-electron chi connectivity index (χ4n) is 2.24. The van der Waals surface area contributed by atoms with Crippen molar-refractivity contribution in [1.82, 2.24) is 0 Å². The molecule has 22 heavy (non-hydrogen) atoms. The fourth-order valence-corrected chi connectivity index (χ4v) is 3.59. The minimum atomic E-state index is -0.0215. The number of benzene rings is 2. The van der Waals surface area contributed by atoms with Crippen molar-refractivity contribution in [3.63, 3.8) is 0 Å². The summed E-state index contributed by atoms with van der Waals surface area (Å²) in [5, 5.41) is 20.0. The Labute approximate surface area is 149 Å². The van der Waals surface area contributed by atoms with Crippen molar-refractivity contribution in [2.24, 2.45) is 0 Å². The molecule has 0 aliphatic carbocycles. The molecule has 0 radical (unpaired) electrons. The lowest BCUT2D eigenvalue weighted by Gasteiger charge is -2.12. The molecular weight excluding hydrogens is 366 g/mol. The molecule has 0 bridgehead atoms. The summed E-state index contributed by atoms with van der Waals surface area (Å²) in [5.41, 5.74) is 3.00. The monoisotopic (exact) mass is 378 g/mol. The van der Waals surface area contributed by atoms with Crippen LogP contribution in [-0.4, -0.2) is 23.4 Å². The van der Waals surface area contributed by atoms with E-state index in [4.69, 9.17) is 56.6 Å². The third-order valence-electron chi connectivity index (χ3n) is 3.34. The van der Waals surface area contributed by atoms with Crippen molar-refractivity contribution in [2.75, 3.05) is 13.2 Å². The maximum Gasteiger partial charge on any atom is 0.0472 e. The van der Waals surface area contributed by atoms with Crippen molar-refractivity contribution in [3.8, 4) is 11.1 Å². The molecule has 2 nitrogen and oxygen atoms in total. The van der Waals surface area contributed by atoms with Crippen molar-refractivity contribution >= 4 is 46.4 Å². The highest BCUT2D eigenvalue weighted by molar-refractivity contribution is 6.37. The summed E-state index contributed by atoms with van der Waals surface area (Å²) in [4.78, 5) is 0. The SMILES string of the molecule is OCCc1c(Cl)cc(-c2cc(Cl)c(CCO)c(Cl)c2)cc1Cl. The van der Waals surface area contributed by atoms with Crippen LogP contribution in [0, 0.1) is 0 Å². The lowest BCUT2D eigenvalue weighted by molar-refractivity contribution is 0.299. The van der Waals surface area contributed by atoms with Crippen molar-refractivity contribution in [1.29, 1.82) is 0 Å². The van der Waals surface area contributed by atoms with Gasteiger partial charge in [0.15, 0.2) is 0 Å². The summed E-state index contributed by atoms with van der Waals surface area (Å²) in [6.07, 6.45) is 0.795. The van der Waals surface area contributed by atoms with E-state index in [0.717, 1.165) is 11.1 Å². The Hall–Kier alpha value is -0.480. The Morgan fingerprint density at radius 1 is 0.591 bits per heavy atom. The van der Waals surface area contributed by atoms with Gasteiger partial charge < -0.3 is 10.2 Å². The molecule has 0 saturated carbocycles. The minimum Gasteiger partial charge on any atom is -0.396 e. The maximum atomic E-state index is 9.04. The summed E-state index contributed by atoms with van der Waals surface area (Å²) in [6, 6.07) is 7.08. The molecule has 0 heterocycles. The molecule has 118 valence electrons. The fraction of sp³-hybridized carbons (Fsp3) is 0.250. The highest BCUT2D eigenvalue weighted by atomic mass is 35.5. The van der Waals surface area contributed by atoms with Crippen molar-refractivity contribution < 1.29 is 10.2 Å². The third kappa shape index (κ3) is 3.88. The highest BCUT2D eigenvalue weighted by Gasteiger charge is 2.13. The lowest BCUT2D eigenvalue weighted by Crippen LogP contribution is -1.96. The van der Waals surface area contributed by atoms with Gasteiger partial charge in [-0.2, -0.15) is 0 Å². The van der Waals surface area contributed by atoms with Gasteiger partial charge in [0.25, 0.3) is 0 Å². The number of halogens is 4. The standard InChI is InChI=1S/C16H14Cl4O2/c17-13-5-9(6-14(18)11(13)1-3-21)10-7-15(19)12(2-4-22)16(20)8-10/h5-8,21-22H,1-4H2. The van der Waals surface area contributed by atoms with Gasteiger partial charge in [-0.1, -0.05) is 46.4 Å². The number of aliphatic hydroxyl groups is 2. The van der Waals surface area contributed by atoms with Gasteiger partial charge in [-0.05, 0) is 59.4 Å². The zero-order chi connectivity index (χ0) is 16.3. The second-order valence-electron chi connectivity index (χ2n) is 4.78. The van der Waals surface area contributed by atoms with Crippen LogP contribution in [0.25, 0.3) is 11.1 Å². The smallest absolute Gasteiger partial charge is 0.0472 e. The van der Waals surface area contributed by atoms with Gasteiger partial charge in [0.1, 0.15) is 0 Å². The average molecular weight is 380 g/mol. The van der Waals surface area contributed by atoms with Crippen LogP contribution in [0.5, 0.6) is 0 Å². The minimum absolute atomic E-state index is 0.0215. The first-order chi connectivity index (χ1) is 10.5. The molecule has 0 unspecified atom stereocenters. The quantitative estimate of drug-likeness (QED) is 0.764. The number of aliphatic hydroxyl groups excluding tert-OH is 2. The average Bonchev–Trinajstić information content (AvgIpc) is 2.46. The van der Waals surface area contributed by atoms with Crippen LogP contribution in [0.4, 0.5) is 0 Å². The van der Waals surface area contributed by atoms with E-state index >= 15 is 0 Å². The Bertz CT molecular complexity index is 580. The van der Waals surface area contributed by atoms with Crippen molar-refractivity contribution in [2.45, 2.75) is 12.8 Å². The lowest BCUT2D eigenvalue weighted by atomic mass is 10.0. The summed E-state index contributed by atoms with van der Waals surface area (Å²) < 4.78 is 0. The van der Waals surface area contributed by atoms with E-state index in [-0.39, 0.29) is 13.2 Å². The summed E-state index contributed by atoms with van der Waals surface area (Å²) >= 11 is 24.9. The van der Waals surface area contributed by atoms with Gasteiger partial charge >= 0.3 is 0 Å². The van der Waals surface area contributed by atoms with Crippen LogP contribution in [0.1, 0.15) is 11.1 Å². The topological polar surface area (TPSA) is 40.5 Å². The van der Waals surface area contributed by atoms with Crippen LogP contribution < -0.4 is 0 Å². The summed E-state index contributed by atoms with van der Waals surface area (Å²) in [6.45, 7) is -0.0431. The number of hydrogen-bond donors (Lipinski definition) is 2. The van der Waals surface area contributed by atoms with Gasteiger partial charge in [-0.3, -0.25) is 0 Å². The molecule has 0 fully saturated rings. The largest absolute Gasteiger partial charge is 0.396 e. The molecule has 0 aliphatic heterocycles. The molecule has 2 rings (SSSR count). The first-order valence-corrected chi connectivity index (χ1v) is 8.17. The maximum absolute atomic E-state index is 9.04. The molecule has 6 heteroatoms. The highest BCUT2D eigenvalue weighted by Crippen LogP contribution is 2.36. The van der Waals surface area contributed by atoms with Gasteiger partial charge in [0, 0.05) is 33.3 Å². The van der Waals surface area contributed by atoms with Crippen molar-refractivity contribution in [3.05, 3.63) is 55.5 Å². The van der Waals surface area contributed by atoms with Gasteiger partial charge in [0.2, 0.25) is 0 Å². The van der Waals surface area contributed by atoms with E-state index in [0.29, 0.717) is 44.1 Å². The molecular formula is C16H14Cl4O2. The normalized spacial score (nSPS) is 11.0. The van der Waals surface area contributed by atoms with E-state index in [1.54, 1.807) is 24.3 Å². The van der Waals surface area contributed by atoms with E-state index in [2.05, 4.69) is 0 Å². The second kappa shape index (κ2) is 7.87. The molecule has 0 saturated heterocycles. The molecule has 0 aliphatic rings. The molecule has 0 atom stereocenters. The summed E-state index contributed by atoms with van der Waals surface area (Å²) in [5.74, 6) is 0. The Morgan fingerprint density at radius 3 is 1.09 bits per heavy atom. The van der Waals surface area contributed by atoms with Crippen LogP contribution in [0.3, 0.4) is 0 Å². The predicted octanol–water partition coefficient (Wildman–Crippen LogP) is 5.04. The Kier molecular flexibility index (Phi) is 6.39. The second-order valence-corrected chi connectivity index (χ2v) is 6.41. The van der Waals surface area contributed by atoms with Crippen LogP contribution >= 0.6 is 46.4 Å². The van der Waals surface area contributed by atoms with Crippen LogP contribution in [-0.2, 0) is 12.8 Å². The number of rotatable bonds is 5. The third-order valence-corrected chi connectivity index (χ3v) is 4.69. The van der Waals surface area contributed by atoms with Gasteiger partial charge in [0.05, 0.1) is 0 Å². The van der Waals surface area contributed by atoms with Crippen LogP contribution in [0.15, 0.2) is 24.3 Å². The molecule has 2 N–H and O–H groups in total. The van der Waals surface area contributed by atoms with Crippen LogP contribution in [0.2, 0.25) is 20.1 Å². The van der Waals surface area contributed by atoms with E-state index in [1.165, 1.54) is 0 Å². The van der Waals surface area contributed by atoms with E-state index in [9.17, 15) is 0 Å². The Morgan fingerprint density at radius 2 is 0.864 bits per heavy atom. The zero-order valence-corrected chi connectivity index (χ0v) is 14.6. The molecule has 2 aromatic rings. The van der Waals surface area contributed by atoms with Gasteiger partial charge in [-0.25, -0.2) is 0 Å². The van der Waals surface area contributed by atoms with E-state index in [1.807, 2.05) is 0 Å². The molecule has 0 amide bonds. The first-order valence-electron chi connectivity index (χ1n) is 6.65. The molecule has 2 aromatic carbocycles. The number of hydrogen-bond acceptors (Lipinski definition) is 2. The first kappa shape index (κ1) is 17.9. The predicted molar refractivity (Wildman–Crippen MR) is 93.5 cm³/mol. The van der Waals surface area contributed by atoms with Gasteiger partial charge in [-0.15, -0.1) is 0 Å². The van der Waals surface area contributed by atoms with E-state index < -0.39 is 0 Å². The molecule has 0 spiro atoms. The summed E-state index contributed by atoms with van der Waals surface area (Å²) in [7, 11) is 0. The molecule has 0 aromatic heterocycles. The Balaban J connectivity index is 2.49.